The second-order valence-electron chi connectivity index (χ2n) is 4.11. The van der Waals surface area contributed by atoms with E-state index in [1.165, 1.54) is 23.6 Å². The molecule has 0 nitrogen and oxygen atoms in total. The van der Waals surface area contributed by atoms with E-state index >= 15 is 0 Å². The van der Waals surface area contributed by atoms with Crippen molar-refractivity contribution in [2.75, 3.05) is 0 Å². The van der Waals surface area contributed by atoms with Gasteiger partial charge >= 0.3 is 0 Å². The molecule has 2 aromatic carbocycles. The Hall–Kier alpha value is -1.74. The average Bonchev–Trinajstić information content (AvgIpc) is 3.10. The van der Waals surface area contributed by atoms with E-state index in [4.69, 9.17) is 0 Å². The van der Waals surface area contributed by atoms with Crippen molar-refractivity contribution in [3.8, 4) is 11.8 Å². The Morgan fingerprint density at radius 2 is 1.73 bits per heavy atom. The van der Waals surface area contributed by atoms with Crippen LogP contribution in [0.15, 0.2) is 42.5 Å². The SMILES string of the molecule is C(#CC1CC1)c1ccc2ccccc2c1. The molecule has 15 heavy (non-hydrogen) atoms. The van der Waals surface area contributed by atoms with Gasteiger partial charge in [-0.2, -0.15) is 0 Å². The van der Waals surface area contributed by atoms with Crippen molar-refractivity contribution >= 4 is 10.8 Å². The van der Waals surface area contributed by atoms with Crippen LogP contribution in [0.4, 0.5) is 0 Å². The summed E-state index contributed by atoms with van der Waals surface area (Å²) in [5.41, 5.74) is 1.14. The summed E-state index contributed by atoms with van der Waals surface area (Å²) in [5, 5.41) is 2.56. The van der Waals surface area contributed by atoms with Gasteiger partial charge in [0.05, 0.1) is 0 Å². The molecule has 1 fully saturated rings. The van der Waals surface area contributed by atoms with Gasteiger partial charge in [0.1, 0.15) is 0 Å². The summed E-state index contributed by atoms with van der Waals surface area (Å²) >= 11 is 0. The fraction of sp³-hybridized carbons (Fsp3) is 0.200. The highest BCUT2D eigenvalue weighted by Gasteiger charge is 2.17. The molecule has 0 aliphatic heterocycles. The van der Waals surface area contributed by atoms with Crippen LogP contribution in [0.3, 0.4) is 0 Å². The molecule has 0 aromatic heterocycles. The van der Waals surface area contributed by atoms with E-state index in [1.807, 2.05) is 0 Å². The second-order valence-corrected chi connectivity index (χ2v) is 4.11. The highest BCUT2D eigenvalue weighted by Crippen LogP contribution is 2.27. The summed E-state index contributed by atoms with van der Waals surface area (Å²) in [5.74, 6) is 7.21. The predicted molar refractivity (Wildman–Crippen MR) is 63.6 cm³/mol. The van der Waals surface area contributed by atoms with Crippen molar-refractivity contribution in [3.05, 3.63) is 48.0 Å². The standard InChI is InChI=1S/C15H12/c1-2-4-15-11-13(8-7-12-5-6-12)9-10-14(15)3-1/h1-4,9-12H,5-6H2. The molecule has 0 amide bonds. The molecule has 3 rings (SSSR count). The average molecular weight is 192 g/mol. The quantitative estimate of drug-likeness (QED) is 0.559. The van der Waals surface area contributed by atoms with Gasteiger partial charge in [-0.15, -0.1) is 0 Å². The van der Waals surface area contributed by atoms with Gasteiger partial charge in [-0.1, -0.05) is 42.2 Å². The van der Waals surface area contributed by atoms with Gasteiger partial charge in [-0.25, -0.2) is 0 Å². The fourth-order valence-electron chi connectivity index (χ4n) is 1.68. The van der Waals surface area contributed by atoms with Gasteiger partial charge in [0.15, 0.2) is 0 Å². The number of rotatable bonds is 0. The maximum Gasteiger partial charge on any atom is 0.0251 e. The molecule has 1 saturated carbocycles. The second kappa shape index (κ2) is 3.44. The Bertz CT molecular complexity index is 551. The van der Waals surface area contributed by atoms with Crippen LogP contribution in [0.25, 0.3) is 10.8 Å². The number of hydrogen-bond donors (Lipinski definition) is 0. The molecule has 0 saturated heterocycles. The summed E-state index contributed by atoms with van der Waals surface area (Å²) in [6.45, 7) is 0. The first-order chi connectivity index (χ1) is 7.42. The maximum absolute atomic E-state index is 3.29. The van der Waals surface area contributed by atoms with Gasteiger partial charge in [0, 0.05) is 11.5 Å². The normalized spacial score (nSPS) is 14.7. The van der Waals surface area contributed by atoms with Gasteiger partial charge in [-0.3, -0.25) is 0 Å². The number of benzene rings is 2. The van der Waals surface area contributed by atoms with E-state index in [2.05, 4.69) is 54.3 Å². The van der Waals surface area contributed by atoms with Crippen LogP contribution < -0.4 is 0 Å². The van der Waals surface area contributed by atoms with Crippen molar-refractivity contribution in [2.24, 2.45) is 5.92 Å². The first-order valence-electron chi connectivity index (χ1n) is 5.42. The van der Waals surface area contributed by atoms with Crippen LogP contribution in [0, 0.1) is 17.8 Å². The van der Waals surface area contributed by atoms with Crippen LogP contribution in [0.2, 0.25) is 0 Å². The zero-order valence-electron chi connectivity index (χ0n) is 8.53. The molecular formula is C15H12. The first-order valence-corrected chi connectivity index (χ1v) is 5.42. The Balaban J connectivity index is 2.02. The van der Waals surface area contributed by atoms with Gasteiger partial charge in [-0.05, 0) is 35.7 Å². The third-order valence-electron chi connectivity index (χ3n) is 2.75. The minimum atomic E-state index is 0.677. The smallest absolute Gasteiger partial charge is 0.0251 e. The van der Waals surface area contributed by atoms with E-state index in [1.54, 1.807) is 0 Å². The molecule has 0 radical (unpaired) electrons. The van der Waals surface area contributed by atoms with E-state index in [-0.39, 0.29) is 0 Å². The van der Waals surface area contributed by atoms with Crippen LogP contribution in [-0.2, 0) is 0 Å². The van der Waals surface area contributed by atoms with Gasteiger partial charge < -0.3 is 0 Å². The largest absolute Gasteiger partial charge is 0.0945 e. The molecule has 2 aromatic rings. The first kappa shape index (κ1) is 8.56. The Morgan fingerprint density at radius 1 is 0.933 bits per heavy atom. The topological polar surface area (TPSA) is 0 Å². The molecule has 0 heteroatoms. The van der Waals surface area contributed by atoms with Gasteiger partial charge in [0.2, 0.25) is 0 Å². The summed E-state index contributed by atoms with van der Waals surface area (Å²) in [7, 11) is 0. The zero-order chi connectivity index (χ0) is 10.1. The molecule has 0 heterocycles. The summed E-state index contributed by atoms with van der Waals surface area (Å²) in [6.07, 6.45) is 2.58. The molecule has 0 unspecified atom stereocenters. The predicted octanol–water partition coefficient (Wildman–Crippen LogP) is 3.60. The molecule has 1 aliphatic rings. The highest BCUT2D eigenvalue weighted by molar-refractivity contribution is 5.83. The zero-order valence-corrected chi connectivity index (χ0v) is 8.53. The molecule has 0 spiro atoms. The molecule has 1 aliphatic carbocycles. The van der Waals surface area contributed by atoms with Gasteiger partial charge in [0.25, 0.3) is 0 Å². The van der Waals surface area contributed by atoms with Crippen molar-refractivity contribution in [1.29, 1.82) is 0 Å². The Kier molecular flexibility index (Phi) is 1.96. The van der Waals surface area contributed by atoms with Crippen molar-refractivity contribution < 1.29 is 0 Å². The summed E-state index contributed by atoms with van der Waals surface area (Å²) in [4.78, 5) is 0. The van der Waals surface area contributed by atoms with E-state index in [0.717, 1.165) is 5.56 Å². The van der Waals surface area contributed by atoms with Crippen molar-refractivity contribution in [1.82, 2.24) is 0 Å². The third-order valence-corrected chi connectivity index (χ3v) is 2.75. The minimum absolute atomic E-state index is 0.677. The molecular weight excluding hydrogens is 180 g/mol. The molecule has 0 N–H and O–H groups in total. The van der Waals surface area contributed by atoms with Crippen LogP contribution in [0.5, 0.6) is 0 Å². The third kappa shape index (κ3) is 1.87. The molecule has 72 valence electrons. The number of fused-ring (bicyclic) bond motifs is 1. The monoisotopic (exact) mass is 192 g/mol. The van der Waals surface area contributed by atoms with E-state index < -0.39 is 0 Å². The molecule has 0 bridgehead atoms. The molecule has 0 atom stereocenters. The van der Waals surface area contributed by atoms with E-state index in [0.29, 0.717) is 5.92 Å². The number of hydrogen-bond acceptors (Lipinski definition) is 0. The fourth-order valence-corrected chi connectivity index (χ4v) is 1.68. The lowest BCUT2D eigenvalue weighted by Gasteiger charge is -1.97. The Labute approximate surface area is 89.9 Å². The summed E-state index contributed by atoms with van der Waals surface area (Å²) in [6, 6.07) is 14.8. The minimum Gasteiger partial charge on any atom is -0.0945 e. The Morgan fingerprint density at radius 3 is 2.53 bits per heavy atom. The van der Waals surface area contributed by atoms with Crippen LogP contribution >= 0.6 is 0 Å². The van der Waals surface area contributed by atoms with E-state index in [9.17, 15) is 0 Å². The summed E-state index contributed by atoms with van der Waals surface area (Å²) < 4.78 is 0. The van der Waals surface area contributed by atoms with Crippen LogP contribution in [0.1, 0.15) is 18.4 Å². The van der Waals surface area contributed by atoms with Crippen molar-refractivity contribution in [3.63, 3.8) is 0 Å². The van der Waals surface area contributed by atoms with Crippen LogP contribution in [-0.4, -0.2) is 0 Å². The lowest BCUT2D eigenvalue weighted by Crippen LogP contribution is -1.76. The maximum atomic E-state index is 3.29. The highest BCUT2D eigenvalue weighted by atomic mass is 14.2. The lowest BCUT2D eigenvalue weighted by atomic mass is 10.1. The van der Waals surface area contributed by atoms with Crippen molar-refractivity contribution in [2.45, 2.75) is 12.8 Å². The lowest BCUT2D eigenvalue weighted by molar-refractivity contribution is 1.18.